The van der Waals surface area contributed by atoms with Crippen LogP contribution in [0.5, 0.6) is 0 Å². The Balaban J connectivity index is 2.08. The van der Waals surface area contributed by atoms with Crippen LogP contribution in [0, 0.1) is 6.92 Å². The van der Waals surface area contributed by atoms with E-state index in [4.69, 9.17) is 0 Å². The van der Waals surface area contributed by atoms with Crippen LogP contribution in [0.2, 0.25) is 0 Å². The topological polar surface area (TPSA) is 76.1 Å². The van der Waals surface area contributed by atoms with E-state index in [9.17, 15) is 13.2 Å². The third-order valence-electron chi connectivity index (χ3n) is 3.86. The Morgan fingerprint density at radius 2 is 2.16 bits per heavy atom. The minimum Gasteiger partial charge on any atom is -0.351 e. The summed E-state index contributed by atoms with van der Waals surface area (Å²) in [5.74, 6) is -0.377. The van der Waals surface area contributed by atoms with Crippen LogP contribution in [0.25, 0.3) is 0 Å². The zero-order valence-electron chi connectivity index (χ0n) is 11.1. The molecule has 1 aliphatic carbocycles. The molecule has 2 rings (SSSR count). The first-order valence-corrected chi connectivity index (χ1v) is 8.13. The van der Waals surface area contributed by atoms with Gasteiger partial charge in [0, 0.05) is 25.2 Å². The number of amides is 1. The van der Waals surface area contributed by atoms with Gasteiger partial charge in [0.15, 0.2) is 9.84 Å². The fourth-order valence-electron chi connectivity index (χ4n) is 2.30. The van der Waals surface area contributed by atoms with Crippen molar-refractivity contribution < 1.29 is 13.2 Å². The molecular formula is C13H18N2O3S. The molecule has 1 heterocycles. The maximum atomic E-state index is 12.2. The standard InChI is InChI=1S/C13H18N2O3S/c1-10-8-14-7-4-11(10)9-15-12(16)13(5-3-6-13)19(2,17)18/h4,7-8H,3,5-6,9H2,1-2H3,(H,15,16). The number of sulfone groups is 1. The largest absolute Gasteiger partial charge is 0.351 e. The second-order valence-corrected chi connectivity index (χ2v) is 7.43. The molecule has 0 aliphatic heterocycles. The Bertz CT molecular complexity index is 592. The number of hydrogen-bond donors (Lipinski definition) is 1. The van der Waals surface area contributed by atoms with Crippen molar-refractivity contribution in [2.45, 2.75) is 37.5 Å². The molecule has 1 amide bonds. The summed E-state index contributed by atoms with van der Waals surface area (Å²) >= 11 is 0. The van der Waals surface area contributed by atoms with Crippen LogP contribution in [-0.2, 0) is 21.2 Å². The van der Waals surface area contributed by atoms with E-state index in [1.165, 1.54) is 0 Å². The van der Waals surface area contributed by atoms with Gasteiger partial charge in [-0.25, -0.2) is 8.42 Å². The van der Waals surface area contributed by atoms with Gasteiger partial charge in [0.05, 0.1) is 0 Å². The number of carbonyl (C=O) groups excluding carboxylic acids is 1. The smallest absolute Gasteiger partial charge is 0.241 e. The Labute approximate surface area is 113 Å². The predicted molar refractivity (Wildman–Crippen MR) is 72.2 cm³/mol. The van der Waals surface area contributed by atoms with Crippen LogP contribution >= 0.6 is 0 Å². The van der Waals surface area contributed by atoms with Crippen molar-refractivity contribution in [1.29, 1.82) is 0 Å². The predicted octanol–water partition coefficient (Wildman–Crippen LogP) is 0.974. The normalized spacial score (nSPS) is 17.6. The van der Waals surface area contributed by atoms with E-state index in [0.717, 1.165) is 23.8 Å². The molecule has 1 saturated carbocycles. The first-order chi connectivity index (χ1) is 8.87. The number of nitrogens with one attached hydrogen (secondary N) is 1. The van der Waals surface area contributed by atoms with E-state index in [2.05, 4.69) is 10.3 Å². The molecule has 104 valence electrons. The van der Waals surface area contributed by atoms with Gasteiger partial charge in [0.1, 0.15) is 4.75 Å². The third kappa shape index (κ3) is 2.49. The SMILES string of the molecule is Cc1cnccc1CNC(=O)C1(S(C)(=O)=O)CCC1. The highest BCUT2D eigenvalue weighted by molar-refractivity contribution is 7.93. The second kappa shape index (κ2) is 4.92. The summed E-state index contributed by atoms with van der Waals surface area (Å²) in [5, 5.41) is 2.74. The molecule has 19 heavy (non-hydrogen) atoms. The fraction of sp³-hybridized carbons (Fsp3) is 0.538. The van der Waals surface area contributed by atoms with E-state index in [-0.39, 0.29) is 5.91 Å². The zero-order chi connectivity index (χ0) is 14.1. The van der Waals surface area contributed by atoms with Crippen LogP contribution in [0.4, 0.5) is 0 Å². The second-order valence-electron chi connectivity index (χ2n) is 5.10. The quantitative estimate of drug-likeness (QED) is 0.893. The molecule has 0 unspecified atom stereocenters. The number of nitrogens with zero attached hydrogens (tertiary/aromatic N) is 1. The number of rotatable bonds is 4. The third-order valence-corrected chi connectivity index (χ3v) is 5.87. The Morgan fingerprint density at radius 3 is 2.63 bits per heavy atom. The van der Waals surface area contributed by atoms with Gasteiger partial charge in [-0.05, 0) is 43.4 Å². The lowest BCUT2D eigenvalue weighted by Crippen LogP contribution is -2.56. The van der Waals surface area contributed by atoms with E-state index in [1.54, 1.807) is 12.4 Å². The van der Waals surface area contributed by atoms with Gasteiger partial charge in [-0.3, -0.25) is 9.78 Å². The van der Waals surface area contributed by atoms with Crippen molar-refractivity contribution in [1.82, 2.24) is 10.3 Å². The van der Waals surface area contributed by atoms with Crippen molar-refractivity contribution in [2.24, 2.45) is 0 Å². The minimum absolute atomic E-state index is 0.338. The van der Waals surface area contributed by atoms with Gasteiger partial charge < -0.3 is 5.32 Å². The molecule has 1 N–H and O–H groups in total. The Kier molecular flexibility index (Phi) is 3.62. The van der Waals surface area contributed by atoms with Crippen molar-refractivity contribution in [3.05, 3.63) is 29.6 Å². The average molecular weight is 282 g/mol. The van der Waals surface area contributed by atoms with Crippen LogP contribution in [0.1, 0.15) is 30.4 Å². The number of aromatic nitrogens is 1. The van der Waals surface area contributed by atoms with Crippen molar-refractivity contribution >= 4 is 15.7 Å². The lowest BCUT2D eigenvalue weighted by Gasteiger charge is -2.38. The highest BCUT2D eigenvalue weighted by atomic mass is 32.2. The molecule has 0 radical (unpaired) electrons. The molecule has 0 spiro atoms. The Morgan fingerprint density at radius 1 is 1.47 bits per heavy atom. The first kappa shape index (κ1) is 14.0. The van der Waals surface area contributed by atoms with E-state index < -0.39 is 14.6 Å². The molecule has 0 saturated heterocycles. The molecule has 1 aromatic heterocycles. The fourth-order valence-corrected chi connectivity index (χ4v) is 3.74. The van der Waals surface area contributed by atoms with Crippen molar-refractivity contribution in [3.8, 4) is 0 Å². The summed E-state index contributed by atoms with van der Waals surface area (Å²) in [4.78, 5) is 16.2. The summed E-state index contributed by atoms with van der Waals surface area (Å²) in [6.45, 7) is 2.24. The molecule has 0 bridgehead atoms. The molecule has 5 nitrogen and oxygen atoms in total. The molecule has 6 heteroatoms. The molecule has 1 aliphatic rings. The average Bonchev–Trinajstić information content (AvgIpc) is 2.24. The van der Waals surface area contributed by atoms with Crippen LogP contribution in [0.15, 0.2) is 18.5 Å². The summed E-state index contributed by atoms with van der Waals surface area (Å²) in [5.41, 5.74) is 1.93. The molecule has 1 fully saturated rings. The maximum absolute atomic E-state index is 12.2. The molecule has 1 aromatic rings. The molecule has 0 atom stereocenters. The summed E-state index contributed by atoms with van der Waals surface area (Å²) in [7, 11) is -3.37. The highest BCUT2D eigenvalue weighted by Crippen LogP contribution is 2.39. The van der Waals surface area contributed by atoms with E-state index >= 15 is 0 Å². The van der Waals surface area contributed by atoms with E-state index in [1.807, 2.05) is 13.0 Å². The van der Waals surface area contributed by atoms with Crippen LogP contribution in [0.3, 0.4) is 0 Å². The number of aryl methyl sites for hydroxylation is 1. The van der Waals surface area contributed by atoms with Gasteiger partial charge in [0.2, 0.25) is 5.91 Å². The van der Waals surface area contributed by atoms with Crippen LogP contribution < -0.4 is 5.32 Å². The first-order valence-electron chi connectivity index (χ1n) is 6.24. The van der Waals surface area contributed by atoms with Crippen molar-refractivity contribution in [3.63, 3.8) is 0 Å². The van der Waals surface area contributed by atoms with Gasteiger partial charge in [-0.1, -0.05) is 0 Å². The summed E-state index contributed by atoms with van der Waals surface area (Å²) < 4.78 is 22.4. The van der Waals surface area contributed by atoms with Crippen LogP contribution in [-0.4, -0.2) is 30.3 Å². The van der Waals surface area contributed by atoms with Gasteiger partial charge in [-0.15, -0.1) is 0 Å². The monoisotopic (exact) mass is 282 g/mol. The van der Waals surface area contributed by atoms with E-state index in [0.29, 0.717) is 19.4 Å². The highest BCUT2D eigenvalue weighted by Gasteiger charge is 2.52. The minimum atomic E-state index is -3.37. The number of hydrogen-bond acceptors (Lipinski definition) is 4. The lowest BCUT2D eigenvalue weighted by atomic mass is 9.83. The van der Waals surface area contributed by atoms with Crippen molar-refractivity contribution in [2.75, 3.05) is 6.26 Å². The molecule has 0 aromatic carbocycles. The number of carbonyl (C=O) groups is 1. The number of pyridine rings is 1. The van der Waals surface area contributed by atoms with Gasteiger partial charge in [-0.2, -0.15) is 0 Å². The summed E-state index contributed by atoms with van der Waals surface area (Å²) in [6, 6.07) is 1.82. The lowest BCUT2D eigenvalue weighted by molar-refractivity contribution is -0.125. The Hall–Kier alpha value is -1.43. The zero-order valence-corrected chi connectivity index (χ0v) is 12.0. The van der Waals surface area contributed by atoms with Gasteiger partial charge >= 0.3 is 0 Å². The summed E-state index contributed by atoms with van der Waals surface area (Å²) in [6.07, 6.45) is 6.15. The van der Waals surface area contributed by atoms with Gasteiger partial charge in [0.25, 0.3) is 0 Å². The molecular weight excluding hydrogens is 264 g/mol. The maximum Gasteiger partial charge on any atom is 0.241 e.